The summed E-state index contributed by atoms with van der Waals surface area (Å²) in [5, 5.41) is 0. The largest absolute Gasteiger partial charge is 0.493 e. The lowest BCUT2D eigenvalue weighted by Gasteiger charge is -2.36. The van der Waals surface area contributed by atoms with Gasteiger partial charge in [-0.1, -0.05) is 6.07 Å². The Kier molecular flexibility index (Phi) is 8.45. The monoisotopic (exact) mass is 585 g/mol. The molecule has 8 nitrogen and oxygen atoms in total. The van der Waals surface area contributed by atoms with E-state index in [1.807, 2.05) is 37.3 Å². The molecule has 3 atom stereocenters. The molecule has 2 aliphatic rings. The molecule has 1 aliphatic heterocycles. The van der Waals surface area contributed by atoms with Crippen LogP contribution in [0.2, 0.25) is 0 Å². The second-order valence-corrected chi connectivity index (χ2v) is 10.1. The number of hydrogen-bond donors (Lipinski definition) is 0. The molecule has 0 bridgehead atoms. The molecule has 38 heavy (non-hydrogen) atoms. The average Bonchev–Trinajstić information content (AvgIpc) is 2.91. The van der Waals surface area contributed by atoms with E-state index in [2.05, 4.69) is 15.9 Å². The van der Waals surface area contributed by atoms with Crippen LogP contribution in [0.1, 0.15) is 49.7 Å². The van der Waals surface area contributed by atoms with E-state index in [1.54, 1.807) is 35.4 Å². The third kappa shape index (κ3) is 5.04. The Balaban J connectivity index is 1.84. The van der Waals surface area contributed by atoms with Gasteiger partial charge in [0.15, 0.2) is 28.8 Å². The van der Waals surface area contributed by atoms with Crippen molar-refractivity contribution in [2.45, 2.75) is 38.5 Å². The normalized spacial score (nSPS) is 20.9. The van der Waals surface area contributed by atoms with Gasteiger partial charge in [-0.25, -0.2) is 0 Å². The number of rotatable bonds is 8. The maximum absolute atomic E-state index is 13.9. The van der Waals surface area contributed by atoms with Gasteiger partial charge in [-0.2, -0.15) is 0 Å². The molecule has 0 saturated heterocycles. The van der Waals surface area contributed by atoms with Crippen molar-refractivity contribution in [1.82, 2.24) is 0 Å². The molecule has 4 rings (SSSR count). The molecular formula is C29H32BrNO7. The van der Waals surface area contributed by atoms with Gasteiger partial charge in [-0.05, 0) is 77.5 Å². The number of nitrogens with zero attached hydrogens (tertiary/aromatic N) is 1. The number of benzene rings is 2. The second kappa shape index (κ2) is 11.6. The van der Waals surface area contributed by atoms with Gasteiger partial charge in [-0.3, -0.25) is 14.6 Å². The third-order valence-corrected chi connectivity index (χ3v) is 7.71. The zero-order valence-electron chi connectivity index (χ0n) is 22.4. The number of allylic oxidation sites excluding steroid dienone is 2. The van der Waals surface area contributed by atoms with Gasteiger partial charge in [0, 0.05) is 29.3 Å². The quantitative estimate of drug-likeness (QED) is 0.371. The minimum atomic E-state index is -0.736. The van der Waals surface area contributed by atoms with Gasteiger partial charge in [0.25, 0.3) is 0 Å². The van der Waals surface area contributed by atoms with E-state index in [0.717, 1.165) is 11.1 Å². The van der Waals surface area contributed by atoms with Crippen molar-refractivity contribution >= 4 is 33.4 Å². The van der Waals surface area contributed by atoms with Crippen molar-refractivity contribution in [2.75, 3.05) is 35.0 Å². The Hall–Kier alpha value is -3.33. The van der Waals surface area contributed by atoms with Crippen LogP contribution in [0.25, 0.3) is 0 Å². The zero-order chi connectivity index (χ0) is 27.6. The summed E-state index contributed by atoms with van der Waals surface area (Å²) in [6.07, 6.45) is 0.831. The van der Waals surface area contributed by atoms with E-state index < -0.39 is 17.8 Å². The summed E-state index contributed by atoms with van der Waals surface area (Å²) < 4.78 is 28.0. The number of aliphatic imine (C=N–C) groups is 1. The second-order valence-electron chi connectivity index (χ2n) is 9.20. The molecule has 2 aromatic carbocycles. The fourth-order valence-corrected chi connectivity index (χ4v) is 6.04. The van der Waals surface area contributed by atoms with Crippen molar-refractivity contribution in [3.8, 4) is 23.0 Å². The fraction of sp³-hybridized carbons (Fsp3) is 0.414. The number of hydrogen-bond acceptors (Lipinski definition) is 8. The number of ether oxygens (including phenoxy) is 5. The van der Waals surface area contributed by atoms with E-state index in [9.17, 15) is 9.59 Å². The van der Waals surface area contributed by atoms with Crippen LogP contribution in [0.4, 0.5) is 0 Å². The molecule has 0 aromatic heterocycles. The predicted molar refractivity (Wildman–Crippen MR) is 147 cm³/mol. The highest BCUT2D eigenvalue weighted by molar-refractivity contribution is 9.10. The smallest absolute Gasteiger partial charge is 0.315 e. The number of Topliss-reactive ketones (excluding diaryl/α,β-unsaturated/α-hetero) is 1. The Morgan fingerprint density at radius 3 is 2.26 bits per heavy atom. The molecule has 202 valence electrons. The van der Waals surface area contributed by atoms with E-state index in [-0.39, 0.29) is 24.7 Å². The highest BCUT2D eigenvalue weighted by Crippen LogP contribution is 2.49. The fourth-order valence-electron chi connectivity index (χ4n) is 5.42. The minimum absolute atomic E-state index is 0.0486. The van der Waals surface area contributed by atoms with Crippen LogP contribution in [0, 0.1) is 5.92 Å². The number of ketones is 1. The summed E-state index contributed by atoms with van der Waals surface area (Å²) in [7, 11) is 6.28. The molecule has 9 heteroatoms. The highest BCUT2D eigenvalue weighted by atomic mass is 79.9. The van der Waals surface area contributed by atoms with Crippen molar-refractivity contribution in [3.05, 3.63) is 57.2 Å². The summed E-state index contributed by atoms with van der Waals surface area (Å²) in [5.74, 6) is 0.401. The average molecular weight is 586 g/mol. The maximum atomic E-state index is 13.9. The summed E-state index contributed by atoms with van der Waals surface area (Å²) in [4.78, 5) is 31.9. The van der Waals surface area contributed by atoms with E-state index in [1.165, 1.54) is 0 Å². The van der Waals surface area contributed by atoms with Crippen molar-refractivity contribution < 1.29 is 33.3 Å². The first-order valence-electron chi connectivity index (χ1n) is 12.4. The predicted octanol–water partition coefficient (Wildman–Crippen LogP) is 5.62. The van der Waals surface area contributed by atoms with E-state index >= 15 is 0 Å². The van der Waals surface area contributed by atoms with Crippen LogP contribution < -0.4 is 18.9 Å². The Bertz CT molecular complexity index is 1320. The molecule has 0 amide bonds. The van der Waals surface area contributed by atoms with Crippen LogP contribution in [0.15, 0.2) is 51.1 Å². The number of methoxy groups -OCH3 is 4. The molecule has 0 radical (unpaired) electrons. The number of esters is 1. The number of halogens is 1. The molecule has 2 aromatic rings. The number of carbonyl (C=O) groups excluding carboxylic acids is 2. The molecule has 0 N–H and O–H groups in total. The zero-order valence-corrected chi connectivity index (χ0v) is 24.0. The highest BCUT2D eigenvalue weighted by Gasteiger charge is 2.45. The van der Waals surface area contributed by atoms with Gasteiger partial charge >= 0.3 is 5.97 Å². The third-order valence-electron chi connectivity index (χ3n) is 7.12. The van der Waals surface area contributed by atoms with Crippen LogP contribution in [0.5, 0.6) is 23.0 Å². The molecule has 1 heterocycles. The first-order valence-corrected chi connectivity index (χ1v) is 13.2. The number of carbonyl (C=O) groups is 2. The van der Waals surface area contributed by atoms with Gasteiger partial charge in [0.1, 0.15) is 5.92 Å². The lowest BCUT2D eigenvalue weighted by atomic mass is 9.69. The molecule has 0 saturated carbocycles. The van der Waals surface area contributed by atoms with Gasteiger partial charge in [-0.15, -0.1) is 0 Å². The molecule has 1 aliphatic carbocycles. The Labute approximate surface area is 231 Å². The van der Waals surface area contributed by atoms with Gasteiger partial charge in [0.2, 0.25) is 0 Å². The van der Waals surface area contributed by atoms with Crippen molar-refractivity contribution in [3.63, 3.8) is 0 Å². The maximum Gasteiger partial charge on any atom is 0.315 e. The summed E-state index contributed by atoms with van der Waals surface area (Å²) in [5.41, 5.74) is 3.55. The minimum Gasteiger partial charge on any atom is -0.493 e. The first kappa shape index (κ1) is 27.7. The lowest BCUT2D eigenvalue weighted by Crippen LogP contribution is -2.38. The van der Waals surface area contributed by atoms with Gasteiger partial charge in [0.05, 0.1) is 39.5 Å². The van der Waals surface area contributed by atoms with Gasteiger partial charge < -0.3 is 23.7 Å². The van der Waals surface area contributed by atoms with E-state index in [4.69, 9.17) is 28.7 Å². The van der Waals surface area contributed by atoms with Crippen LogP contribution in [-0.2, 0) is 14.3 Å². The molecular weight excluding hydrogens is 554 g/mol. The SMILES string of the molecule is CCOC(=O)C1C(C)=NC2=C(C(=O)C[C@@H](c3ccc(OC)c(OC)c3)C2)[C@H]1c1cc(Br)c(OC)c(OC)c1. The van der Waals surface area contributed by atoms with Crippen LogP contribution >= 0.6 is 15.9 Å². The van der Waals surface area contributed by atoms with Crippen molar-refractivity contribution in [1.29, 1.82) is 0 Å². The molecule has 0 spiro atoms. The Morgan fingerprint density at radius 2 is 1.63 bits per heavy atom. The lowest BCUT2D eigenvalue weighted by molar-refractivity contribution is -0.146. The standard InChI is InChI=1S/C29H32BrNO7/c1-7-38-29(33)25-15(2)31-20-11-17(16-8-9-22(34-3)23(13-16)35-4)12-21(32)27(20)26(25)18-10-19(30)28(37-6)24(14-18)36-5/h8-10,13-14,17,25-26H,7,11-12H2,1-6H3/t17-,25?,26-/m0/s1. The molecule has 0 fully saturated rings. The molecule has 1 unspecified atom stereocenters. The summed E-state index contributed by atoms with van der Waals surface area (Å²) >= 11 is 3.56. The topological polar surface area (TPSA) is 92.7 Å². The van der Waals surface area contributed by atoms with Crippen LogP contribution in [-0.4, -0.2) is 52.5 Å². The summed E-state index contributed by atoms with van der Waals surface area (Å²) in [6.45, 7) is 3.81. The van der Waals surface area contributed by atoms with Crippen LogP contribution in [0.3, 0.4) is 0 Å². The van der Waals surface area contributed by atoms with Crippen molar-refractivity contribution in [2.24, 2.45) is 10.9 Å². The van der Waals surface area contributed by atoms with E-state index in [0.29, 0.717) is 50.9 Å². The first-order chi connectivity index (χ1) is 18.3. The Morgan fingerprint density at radius 1 is 0.947 bits per heavy atom. The summed E-state index contributed by atoms with van der Waals surface area (Å²) in [6, 6.07) is 9.39.